The molecule has 2 aliphatic rings. The molecule has 0 radical (unpaired) electrons. The van der Waals surface area contributed by atoms with Gasteiger partial charge in [-0.3, -0.25) is 0 Å². The standard InChI is InChI=1S/C26H34N6O2S/c1-19-8-9-23-22(16-19)25(31-12-10-21(27)18-31)30-26(29-23)32-13-15-35(33,28-11-5-14-34-2)24-7-4-3-6-20(24)17-32/h3-4,6-9,16,21H,5,10-15,17-18,27H2,1-2H3/t21-,35?/m0/s1. The van der Waals surface area contributed by atoms with Gasteiger partial charge >= 0.3 is 0 Å². The number of aryl methyl sites for hydroxylation is 1. The topological polar surface area (TPSA) is 96.9 Å². The van der Waals surface area contributed by atoms with Crippen LogP contribution in [0.25, 0.3) is 10.9 Å². The molecule has 8 nitrogen and oxygen atoms in total. The molecule has 0 spiro atoms. The molecule has 3 aromatic rings. The van der Waals surface area contributed by atoms with Crippen molar-refractivity contribution in [1.82, 2.24) is 9.97 Å². The quantitative estimate of drug-likeness (QED) is 0.525. The lowest BCUT2D eigenvalue weighted by Gasteiger charge is -2.25. The van der Waals surface area contributed by atoms with Crippen LogP contribution in [0.2, 0.25) is 0 Å². The second-order valence-electron chi connectivity index (χ2n) is 9.44. The number of ether oxygens (including phenoxy) is 1. The van der Waals surface area contributed by atoms with E-state index < -0.39 is 9.73 Å². The molecule has 2 atom stereocenters. The van der Waals surface area contributed by atoms with Gasteiger partial charge in [0.2, 0.25) is 5.95 Å². The molecular formula is C26H34N6O2S. The molecule has 3 heterocycles. The molecule has 186 valence electrons. The fourth-order valence-corrected chi connectivity index (χ4v) is 7.09. The predicted octanol–water partition coefficient (Wildman–Crippen LogP) is 3.36. The lowest BCUT2D eigenvalue weighted by Crippen LogP contribution is -2.30. The zero-order chi connectivity index (χ0) is 24.4. The highest BCUT2D eigenvalue weighted by molar-refractivity contribution is 7.93. The third kappa shape index (κ3) is 4.98. The normalized spacial score (nSPS) is 22.3. The number of fused-ring (bicyclic) bond motifs is 2. The molecule has 1 saturated heterocycles. The highest BCUT2D eigenvalue weighted by Crippen LogP contribution is 2.32. The van der Waals surface area contributed by atoms with Crippen LogP contribution in [-0.4, -0.2) is 65.9 Å². The van der Waals surface area contributed by atoms with Gasteiger partial charge in [-0.2, -0.15) is 4.98 Å². The van der Waals surface area contributed by atoms with Crippen LogP contribution in [0.4, 0.5) is 11.8 Å². The lowest BCUT2D eigenvalue weighted by atomic mass is 10.1. The highest BCUT2D eigenvalue weighted by atomic mass is 32.2. The van der Waals surface area contributed by atoms with Crippen LogP contribution >= 0.6 is 0 Å². The number of anilines is 2. The Kier molecular flexibility index (Phi) is 6.91. The van der Waals surface area contributed by atoms with Crippen molar-refractivity contribution < 1.29 is 8.95 Å². The predicted molar refractivity (Wildman–Crippen MR) is 142 cm³/mol. The summed E-state index contributed by atoms with van der Waals surface area (Å²) in [4.78, 5) is 15.3. The van der Waals surface area contributed by atoms with Crippen LogP contribution < -0.4 is 15.5 Å². The summed E-state index contributed by atoms with van der Waals surface area (Å²) in [6.07, 6.45) is 1.71. The maximum Gasteiger partial charge on any atom is 0.228 e. The molecule has 2 aliphatic heterocycles. The van der Waals surface area contributed by atoms with Crippen molar-refractivity contribution in [1.29, 1.82) is 0 Å². The summed E-state index contributed by atoms with van der Waals surface area (Å²) in [5, 5.41) is 1.05. The SMILES string of the molecule is COCCCN=S1(=O)CCN(c2nc(N3CC[C@H](N)C3)c3cc(C)ccc3n2)Cc2ccccc21. The zero-order valence-corrected chi connectivity index (χ0v) is 21.3. The van der Waals surface area contributed by atoms with E-state index in [0.29, 0.717) is 37.9 Å². The summed E-state index contributed by atoms with van der Waals surface area (Å²) in [5.41, 5.74) is 9.34. The molecule has 0 amide bonds. The van der Waals surface area contributed by atoms with E-state index in [1.165, 1.54) is 5.56 Å². The number of nitrogens with two attached hydrogens (primary N) is 1. The van der Waals surface area contributed by atoms with Crippen molar-refractivity contribution in [2.24, 2.45) is 10.1 Å². The second-order valence-corrected chi connectivity index (χ2v) is 11.8. The van der Waals surface area contributed by atoms with Crippen LogP contribution in [0.1, 0.15) is 24.0 Å². The first-order valence-electron chi connectivity index (χ1n) is 12.3. The molecule has 0 saturated carbocycles. The van der Waals surface area contributed by atoms with Gasteiger partial charge in [-0.15, -0.1) is 0 Å². The largest absolute Gasteiger partial charge is 0.385 e. The van der Waals surface area contributed by atoms with Crippen molar-refractivity contribution in [2.45, 2.75) is 37.2 Å². The summed E-state index contributed by atoms with van der Waals surface area (Å²) in [7, 11) is -0.869. The van der Waals surface area contributed by atoms with Crippen LogP contribution in [0.5, 0.6) is 0 Å². The molecule has 0 aliphatic carbocycles. The van der Waals surface area contributed by atoms with E-state index in [1.54, 1.807) is 7.11 Å². The summed E-state index contributed by atoms with van der Waals surface area (Å²) in [5.74, 6) is 2.04. The van der Waals surface area contributed by atoms with Crippen molar-refractivity contribution >= 4 is 32.4 Å². The van der Waals surface area contributed by atoms with Gasteiger partial charge in [-0.25, -0.2) is 13.6 Å². The van der Waals surface area contributed by atoms with Gasteiger partial charge in [0, 0.05) is 51.3 Å². The fourth-order valence-electron chi connectivity index (χ4n) is 4.88. The zero-order valence-electron chi connectivity index (χ0n) is 20.5. The van der Waals surface area contributed by atoms with Crippen molar-refractivity contribution in [3.63, 3.8) is 0 Å². The molecule has 2 aromatic carbocycles. The molecule has 5 rings (SSSR count). The van der Waals surface area contributed by atoms with Crippen LogP contribution in [0.15, 0.2) is 51.7 Å². The van der Waals surface area contributed by atoms with E-state index >= 15 is 0 Å². The second kappa shape index (κ2) is 10.1. The van der Waals surface area contributed by atoms with Crippen LogP contribution in [-0.2, 0) is 21.0 Å². The van der Waals surface area contributed by atoms with Crippen LogP contribution in [0, 0.1) is 6.92 Å². The van der Waals surface area contributed by atoms with Gasteiger partial charge < -0.3 is 20.3 Å². The number of aromatic nitrogens is 2. The summed E-state index contributed by atoms with van der Waals surface area (Å²) in [6.45, 7) is 6.06. The first-order chi connectivity index (χ1) is 17.0. The van der Waals surface area contributed by atoms with E-state index in [0.717, 1.165) is 53.1 Å². The minimum absolute atomic E-state index is 0.155. The smallest absolute Gasteiger partial charge is 0.228 e. The van der Waals surface area contributed by atoms with E-state index in [4.69, 9.17) is 20.4 Å². The third-order valence-corrected chi connectivity index (χ3v) is 9.17. The third-order valence-electron chi connectivity index (χ3n) is 6.75. The minimum atomic E-state index is -2.54. The van der Waals surface area contributed by atoms with Gasteiger partial charge in [-0.1, -0.05) is 29.8 Å². The van der Waals surface area contributed by atoms with Gasteiger partial charge in [0.25, 0.3) is 0 Å². The monoisotopic (exact) mass is 494 g/mol. The highest BCUT2D eigenvalue weighted by Gasteiger charge is 2.28. The number of nitrogens with zero attached hydrogens (tertiary/aromatic N) is 5. The molecule has 9 heteroatoms. The van der Waals surface area contributed by atoms with Gasteiger partial charge in [0.05, 0.1) is 32.4 Å². The summed E-state index contributed by atoms with van der Waals surface area (Å²) < 4.78 is 23.9. The first kappa shape index (κ1) is 24.0. The van der Waals surface area contributed by atoms with Gasteiger partial charge in [0.15, 0.2) is 0 Å². The number of rotatable bonds is 6. The van der Waals surface area contributed by atoms with Crippen molar-refractivity contribution in [3.05, 3.63) is 53.6 Å². The Labute approximate surface area is 207 Å². The van der Waals surface area contributed by atoms with E-state index in [1.807, 2.05) is 24.3 Å². The van der Waals surface area contributed by atoms with Gasteiger partial charge in [0.1, 0.15) is 5.82 Å². The lowest BCUT2D eigenvalue weighted by molar-refractivity contribution is 0.197. The van der Waals surface area contributed by atoms with Crippen LogP contribution in [0.3, 0.4) is 0 Å². The average Bonchev–Trinajstić information content (AvgIpc) is 3.23. The average molecular weight is 495 g/mol. The number of hydrogen-bond donors (Lipinski definition) is 1. The molecule has 1 fully saturated rings. The summed E-state index contributed by atoms with van der Waals surface area (Å²) >= 11 is 0. The maximum absolute atomic E-state index is 14.1. The number of hydrogen-bond acceptors (Lipinski definition) is 8. The molecule has 0 bridgehead atoms. The first-order valence-corrected chi connectivity index (χ1v) is 14.0. The minimum Gasteiger partial charge on any atom is -0.385 e. The number of benzene rings is 2. The van der Waals surface area contributed by atoms with E-state index in [-0.39, 0.29) is 6.04 Å². The Balaban J connectivity index is 1.54. The Morgan fingerprint density at radius 2 is 2.03 bits per heavy atom. The molecule has 1 unspecified atom stereocenters. The maximum atomic E-state index is 14.1. The molecule has 2 N–H and O–H groups in total. The van der Waals surface area contributed by atoms with E-state index in [9.17, 15) is 4.21 Å². The Bertz CT molecular complexity index is 1340. The Hall–Kier alpha value is -2.75. The Morgan fingerprint density at radius 1 is 1.17 bits per heavy atom. The van der Waals surface area contributed by atoms with E-state index in [2.05, 4.69) is 39.3 Å². The summed E-state index contributed by atoms with van der Waals surface area (Å²) in [6, 6.07) is 14.4. The van der Waals surface area contributed by atoms with Crippen molar-refractivity contribution in [3.8, 4) is 0 Å². The molecule has 35 heavy (non-hydrogen) atoms. The Morgan fingerprint density at radius 3 is 2.83 bits per heavy atom. The van der Waals surface area contributed by atoms with Crippen molar-refractivity contribution in [2.75, 3.05) is 55.4 Å². The fraction of sp³-hybridized carbons (Fsp3) is 0.462. The molecular weight excluding hydrogens is 460 g/mol. The molecule has 1 aromatic heterocycles. The number of methoxy groups -OCH3 is 1. The van der Waals surface area contributed by atoms with Gasteiger partial charge in [-0.05, 0) is 43.5 Å².